The van der Waals surface area contributed by atoms with Crippen molar-refractivity contribution in [3.8, 4) is 0 Å². The summed E-state index contributed by atoms with van der Waals surface area (Å²) in [6, 6.07) is 0. The lowest BCUT2D eigenvalue weighted by molar-refractivity contribution is -0.121. The van der Waals surface area contributed by atoms with Gasteiger partial charge in [0.2, 0.25) is 11.8 Å². The van der Waals surface area contributed by atoms with Crippen LogP contribution < -0.4 is 22.5 Å². The van der Waals surface area contributed by atoms with Crippen molar-refractivity contribution in [2.45, 2.75) is 12.8 Å². The van der Waals surface area contributed by atoms with Crippen LogP contribution >= 0.6 is 0 Å². The highest BCUT2D eigenvalue weighted by Crippen LogP contribution is 1.93. The van der Waals surface area contributed by atoms with Gasteiger partial charge in [-0.15, -0.1) is 0 Å². The standard InChI is InChI=1S/C10H23N5O2/c11-3-5-14-10(17)2-7-15(8-4-12)6-1-9(13)16/h1-8,11-12H2,(H2,13,16)(H,14,17). The molecule has 0 rings (SSSR count). The van der Waals surface area contributed by atoms with E-state index in [4.69, 9.17) is 17.2 Å². The van der Waals surface area contributed by atoms with E-state index in [0.717, 1.165) is 0 Å². The Hall–Kier alpha value is -1.18. The van der Waals surface area contributed by atoms with Crippen molar-refractivity contribution in [3.05, 3.63) is 0 Å². The third-order valence-corrected chi connectivity index (χ3v) is 2.24. The summed E-state index contributed by atoms with van der Waals surface area (Å²) in [5.74, 6) is -0.392. The second-order valence-electron chi connectivity index (χ2n) is 3.74. The van der Waals surface area contributed by atoms with Gasteiger partial charge in [-0.3, -0.25) is 9.59 Å². The van der Waals surface area contributed by atoms with Crippen molar-refractivity contribution >= 4 is 11.8 Å². The van der Waals surface area contributed by atoms with Crippen molar-refractivity contribution in [1.29, 1.82) is 0 Å². The van der Waals surface area contributed by atoms with Crippen LogP contribution in [0.15, 0.2) is 0 Å². The van der Waals surface area contributed by atoms with Gasteiger partial charge in [0.1, 0.15) is 0 Å². The van der Waals surface area contributed by atoms with Gasteiger partial charge >= 0.3 is 0 Å². The quantitative estimate of drug-likeness (QED) is 0.341. The zero-order chi connectivity index (χ0) is 13.1. The van der Waals surface area contributed by atoms with Crippen LogP contribution in [-0.4, -0.2) is 56.0 Å². The monoisotopic (exact) mass is 245 g/mol. The van der Waals surface area contributed by atoms with E-state index in [1.807, 2.05) is 4.90 Å². The fourth-order valence-corrected chi connectivity index (χ4v) is 1.35. The molecule has 0 saturated heterocycles. The molecule has 2 amide bonds. The zero-order valence-electron chi connectivity index (χ0n) is 10.2. The molecule has 0 atom stereocenters. The molecular formula is C10H23N5O2. The predicted octanol–water partition coefficient (Wildman–Crippen LogP) is -2.41. The van der Waals surface area contributed by atoms with Crippen LogP contribution in [0.25, 0.3) is 0 Å². The molecule has 0 aliphatic rings. The van der Waals surface area contributed by atoms with Gasteiger partial charge in [0.25, 0.3) is 0 Å². The topological polar surface area (TPSA) is 127 Å². The number of hydrogen-bond acceptors (Lipinski definition) is 5. The summed E-state index contributed by atoms with van der Waals surface area (Å²) in [4.78, 5) is 23.9. The average Bonchev–Trinajstić information content (AvgIpc) is 2.29. The molecule has 17 heavy (non-hydrogen) atoms. The Kier molecular flexibility index (Phi) is 9.31. The number of carbonyl (C=O) groups excluding carboxylic acids is 2. The van der Waals surface area contributed by atoms with Crippen molar-refractivity contribution in [2.24, 2.45) is 17.2 Å². The maximum absolute atomic E-state index is 11.3. The lowest BCUT2D eigenvalue weighted by atomic mass is 10.3. The molecule has 0 fully saturated rings. The van der Waals surface area contributed by atoms with Gasteiger partial charge in [0.15, 0.2) is 0 Å². The first kappa shape index (κ1) is 15.8. The minimum absolute atomic E-state index is 0.0449. The Labute approximate surface area is 102 Å². The Morgan fingerprint density at radius 1 is 1.00 bits per heavy atom. The minimum Gasteiger partial charge on any atom is -0.370 e. The molecule has 0 unspecified atom stereocenters. The van der Waals surface area contributed by atoms with E-state index in [1.54, 1.807) is 0 Å². The first-order valence-corrected chi connectivity index (χ1v) is 5.77. The summed E-state index contributed by atoms with van der Waals surface area (Å²) in [6.45, 7) is 3.16. The Morgan fingerprint density at radius 2 is 1.65 bits per heavy atom. The normalized spacial score (nSPS) is 10.5. The van der Waals surface area contributed by atoms with E-state index < -0.39 is 0 Å². The molecule has 7 heteroatoms. The molecule has 0 bridgehead atoms. The second kappa shape index (κ2) is 10.0. The van der Waals surface area contributed by atoms with E-state index >= 15 is 0 Å². The van der Waals surface area contributed by atoms with E-state index in [1.165, 1.54) is 0 Å². The SMILES string of the molecule is NCCNC(=O)CCN(CCN)CCC(N)=O. The van der Waals surface area contributed by atoms with Crippen LogP contribution in [-0.2, 0) is 9.59 Å². The third kappa shape index (κ3) is 9.73. The molecular weight excluding hydrogens is 222 g/mol. The first-order valence-electron chi connectivity index (χ1n) is 5.77. The van der Waals surface area contributed by atoms with Gasteiger partial charge in [-0.25, -0.2) is 0 Å². The van der Waals surface area contributed by atoms with E-state index in [-0.39, 0.29) is 18.2 Å². The van der Waals surface area contributed by atoms with Crippen molar-refractivity contribution in [3.63, 3.8) is 0 Å². The molecule has 0 spiro atoms. The minimum atomic E-state index is -0.348. The molecule has 0 aliphatic heterocycles. The fourth-order valence-electron chi connectivity index (χ4n) is 1.35. The summed E-state index contributed by atoms with van der Waals surface area (Å²) >= 11 is 0. The van der Waals surface area contributed by atoms with Gasteiger partial charge in [-0.1, -0.05) is 0 Å². The van der Waals surface area contributed by atoms with Gasteiger partial charge in [0, 0.05) is 52.1 Å². The van der Waals surface area contributed by atoms with Crippen LogP contribution in [0, 0.1) is 0 Å². The second-order valence-corrected chi connectivity index (χ2v) is 3.74. The Morgan fingerprint density at radius 3 is 2.18 bits per heavy atom. The number of hydrogen-bond donors (Lipinski definition) is 4. The molecule has 0 aliphatic carbocycles. The lowest BCUT2D eigenvalue weighted by Gasteiger charge is -2.20. The first-order chi connectivity index (χ1) is 8.10. The van der Waals surface area contributed by atoms with Gasteiger partial charge in [-0.2, -0.15) is 0 Å². The number of primary amides is 1. The smallest absolute Gasteiger partial charge is 0.221 e. The number of rotatable bonds is 10. The molecule has 7 nitrogen and oxygen atoms in total. The predicted molar refractivity (Wildman–Crippen MR) is 66.0 cm³/mol. The maximum atomic E-state index is 11.3. The van der Waals surface area contributed by atoms with Crippen molar-refractivity contribution in [2.75, 3.05) is 39.3 Å². The highest BCUT2D eigenvalue weighted by Gasteiger charge is 2.08. The van der Waals surface area contributed by atoms with Crippen LogP contribution in [0.2, 0.25) is 0 Å². The zero-order valence-corrected chi connectivity index (χ0v) is 10.2. The summed E-state index contributed by atoms with van der Waals surface area (Å²) in [5.41, 5.74) is 15.8. The summed E-state index contributed by atoms with van der Waals surface area (Å²) in [5, 5.41) is 2.68. The van der Waals surface area contributed by atoms with E-state index in [2.05, 4.69) is 5.32 Å². The average molecular weight is 245 g/mol. The summed E-state index contributed by atoms with van der Waals surface area (Å²) < 4.78 is 0. The highest BCUT2D eigenvalue weighted by atomic mass is 16.1. The van der Waals surface area contributed by atoms with E-state index in [9.17, 15) is 9.59 Å². The maximum Gasteiger partial charge on any atom is 0.221 e. The summed E-state index contributed by atoms with van der Waals surface area (Å²) in [6.07, 6.45) is 0.656. The Bertz CT molecular complexity index is 235. The van der Waals surface area contributed by atoms with Crippen LogP contribution in [0.3, 0.4) is 0 Å². The molecule has 0 heterocycles. The number of amides is 2. The van der Waals surface area contributed by atoms with E-state index in [0.29, 0.717) is 45.7 Å². The Balaban J connectivity index is 3.82. The van der Waals surface area contributed by atoms with Crippen LogP contribution in [0.4, 0.5) is 0 Å². The van der Waals surface area contributed by atoms with Gasteiger partial charge in [0.05, 0.1) is 0 Å². The highest BCUT2D eigenvalue weighted by molar-refractivity contribution is 5.76. The molecule has 0 aromatic rings. The van der Waals surface area contributed by atoms with Gasteiger partial charge in [-0.05, 0) is 0 Å². The lowest BCUT2D eigenvalue weighted by Crippen LogP contribution is -2.37. The number of nitrogens with one attached hydrogen (secondary N) is 1. The number of carbonyl (C=O) groups is 2. The summed E-state index contributed by atoms with van der Waals surface area (Å²) in [7, 11) is 0. The number of nitrogens with zero attached hydrogens (tertiary/aromatic N) is 1. The molecule has 0 aromatic carbocycles. The molecule has 0 radical (unpaired) electrons. The fraction of sp³-hybridized carbons (Fsp3) is 0.800. The van der Waals surface area contributed by atoms with Crippen molar-refractivity contribution < 1.29 is 9.59 Å². The molecule has 0 saturated carbocycles. The van der Waals surface area contributed by atoms with Crippen LogP contribution in [0.1, 0.15) is 12.8 Å². The molecule has 7 N–H and O–H groups in total. The largest absolute Gasteiger partial charge is 0.370 e. The van der Waals surface area contributed by atoms with Crippen LogP contribution in [0.5, 0.6) is 0 Å². The third-order valence-electron chi connectivity index (χ3n) is 2.24. The molecule has 0 aromatic heterocycles. The van der Waals surface area contributed by atoms with Gasteiger partial charge < -0.3 is 27.4 Å². The van der Waals surface area contributed by atoms with Crippen molar-refractivity contribution in [1.82, 2.24) is 10.2 Å². The molecule has 100 valence electrons. The number of nitrogens with two attached hydrogens (primary N) is 3.